The molecule has 0 aliphatic carbocycles. The third-order valence-corrected chi connectivity index (χ3v) is 3.61. The number of hydrogen-bond donors (Lipinski definition) is 1. The van der Waals surface area contributed by atoms with Crippen LogP contribution in [0.4, 0.5) is 8.78 Å². The highest BCUT2D eigenvalue weighted by Gasteiger charge is 2.28. The van der Waals surface area contributed by atoms with Gasteiger partial charge in [0.15, 0.2) is 0 Å². The van der Waals surface area contributed by atoms with Gasteiger partial charge < -0.3 is 14.8 Å². The maximum Gasteiger partial charge on any atom is 0.124 e. The van der Waals surface area contributed by atoms with Crippen LogP contribution in [0.3, 0.4) is 0 Å². The summed E-state index contributed by atoms with van der Waals surface area (Å²) >= 11 is 0. The van der Waals surface area contributed by atoms with E-state index >= 15 is 0 Å². The normalized spacial score (nSPS) is 30.7. The predicted molar refractivity (Wildman–Crippen MR) is 66.5 cm³/mol. The smallest absolute Gasteiger partial charge is 0.124 e. The van der Waals surface area contributed by atoms with Crippen LogP contribution in [0, 0.1) is 5.82 Å². The van der Waals surface area contributed by atoms with E-state index < -0.39 is 6.17 Å². The summed E-state index contributed by atoms with van der Waals surface area (Å²) in [4.78, 5) is 0. The Morgan fingerprint density at radius 3 is 2.95 bits per heavy atom. The molecule has 3 nitrogen and oxygen atoms in total. The van der Waals surface area contributed by atoms with E-state index in [9.17, 15) is 8.78 Å². The van der Waals surface area contributed by atoms with Crippen molar-refractivity contribution in [3.8, 4) is 5.75 Å². The molecule has 2 heterocycles. The molecule has 0 saturated carbocycles. The zero-order valence-corrected chi connectivity index (χ0v) is 10.6. The first kappa shape index (κ1) is 12.8. The first-order valence-corrected chi connectivity index (χ1v) is 6.63. The lowest BCUT2D eigenvalue weighted by Crippen LogP contribution is -2.19. The Hall–Kier alpha value is -1.20. The van der Waals surface area contributed by atoms with Crippen molar-refractivity contribution in [2.45, 2.75) is 31.2 Å². The van der Waals surface area contributed by atoms with E-state index in [-0.39, 0.29) is 18.0 Å². The topological polar surface area (TPSA) is 30.5 Å². The SMILES string of the molecule is Fc1ccc(OC2CCOC2)c([C@H]2C[C@H](F)CN2)c1. The molecule has 0 radical (unpaired) electrons. The van der Waals surface area contributed by atoms with Crippen molar-refractivity contribution >= 4 is 0 Å². The zero-order chi connectivity index (χ0) is 13.2. The predicted octanol–water partition coefficient (Wildman–Crippen LogP) is 2.37. The molecule has 0 amide bonds. The van der Waals surface area contributed by atoms with Gasteiger partial charge in [0.05, 0.1) is 13.2 Å². The monoisotopic (exact) mass is 269 g/mol. The van der Waals surface area contributed by atoms with Crippen LogP contribution in [-0.2, 0) is 4.74 Å². The maximum absolute atomic E-state index is 13.4. The van der Waals surface area contributed by atoms with Gasteiger partial charge >= 0.3 is 0 Å². The Bertz CT molecular complexity index is 449. The summed E-state index contributed by atoms with van der Waals surface area (Å²) in [5.74, 6) is 0.303. The van der Waals surface area contributed by atoms with Crippen LogP contribution < -0.4 is 10.1 Å². The minimum atomic E-state index is -0.879. The van der Waals surface area contributed by atoms with E-state index in [0.717, 1.165) is 6.42 Å². The average molecular weight is 269 g/mol. The lowest BCUT2D eigenvalue weighted by atomic mass is 10.0. The Balaban J connectivity index is 1.81. The largest absolute Gasteiger partial charge is 0.488 e. The third kappa shape index (κ3) is 2.87. The summed E-state index contributed by atoms with van der Waals surface area (Å²) in [6.07, 6.45) is 0.324. The van der Waals surface area contributed by atoms with Crippen molar-refractivity contribution < 1.29 is 18.3 Å². The lowest BCUT2D eigenvalue weighted by molar-refractivity contribution is 0.140. The number of hydrogen-bond acceptors (Lipinski definition) is 3. The van der Waals surface area contributed by atoms with Gasteiger partial charge in [-0.25, -0.2) is 8.78 Å². The van der Waals surface area contributed by atoms with Gasteiger partial charge in [-0.15, -0.1) is 0 Å². The van der Waals surface area contributed by atoms with Gasteiger partial charge in [0.1, 0.15) is 23.8 Å². The molecule has 2 saturated heterocycles. The van der Waals surface area contributed by atoms with Crippen molar-refractivity contribution in [3.05, 3.63) is 29.6 Å². The first-order valence-electron chi connectivity index (χ1n) is 6.63. The minimum Gasteiger partial charge on any atom is -0.488 e. The summed E-state index contributed by atoms with van der Waals surface area (Å²) < 4.78 is 37.8. The van der Waals surface area contributed by atoms with Gasteiger partial charge in [-0.05, 0) is 24.6 Å². The highest BCUT2D eigenvalue weighted by atomic mass is 19.1. The summed E-state index contributed by atoms with van der Waals surface area (Å²) in [6, 6.07) is 4.25. The fourth-order valence-electron chi connectivity index (χ4n) is 2.61. The summed E-state index contributed by atoms with van der Waals surface area (Å²) in [7, 11) is 0. The summed E-state index contributed by atoms with van der Waals surface area (Å²) in [6.45, 7) is 1.56. The van der Waals surface area contributed by atoms with Crippen molar-refractivity contribution in [2.24, 2.45) is 0 Å². The summed E-state index contributed by atoms with van der Waals surface area (Å²) in [5.41, 5.74) is 0.701. The number of ether oxygens (including phenoxy) is 2. The number of halogens is 2. The van der Waals surface area contributed by atoms with Gasteiger partial charge in [-0.1, -0.05) is 0 Å². The molecule has 3 rings (SSSR count). The Kier molecular flexibility index (Phi) is 3.66. The molecule has 19 heavy (non-hydrogen) atoms. The Labute approximate surface area is 110 Å². The molecule has 1 N–H and O–H groups in total. The van der Waals surface area contributed by atoms with Crippen molar-refractivity contribution in [2.75, 3.05) is 19.8 Å². The van der Waals surface area contributed by atoms with Crippen molar-refractivity contribution in [3.63, 3.8) is 0 Å². The molecule has 1 aromatic carbocycles. The van der Waals surface area contributed by atoms with Crippen LogP contribution in [0.15, 0.2) is 18.2 Å². The van der Waals surface area contributed by atoms with Gasteiger partial charge in [0, 0.05) is 24.6 Å². The van der Waals surface area contributed by atoms with Gasteiger partial charge in [0.2, 0.25) is 0 Å². The van der Waals surface area contributed by atoms with Crippen LogP contribution in [-0.4, -0.2) is 32.0 Å². The molecule has 2 aliphatic rings. The molecule has 1 unspecified atom stereocenters. The minimum absolute atomic E-state index is 0.00628. The number of nitrogens with one attached hydrogen (secondary N) is 1. The lowest BCUT2D eigenvalue weighted by Gasteiger charge is -2.19. The molecule has 104 valence electrons. The molecule has 0 bridgehead atoms. The van der Waals surface area contributed by atoms with E-state index in [0.29, 0.717) is 37.5 Å². The highest BCUT2D eigenvalue weighted by molar-refractivity contribution is 5.37. The molecule has 2 aliphatic heterocycles. The molecular weight excluding hydrogens is 252 g/mol. The van der Waals surface area contributed by atoms with Crippen LogP contribution >= 0.6 is 0 Å². The zero-order valence-electron chi connectivity index (χ0n) is 10.6. The number of benzene rings is 1. The quantitative estimate of drug-likeness (QED) is 0.913. The van der Waals surface area contributed by atoms with Gasteiger partial charge in [0.25, 0.3) is 0 Å². The number of alkyl halides is 1. The first-order chi connectivity index (χ1) is 9.22. The van der Waals surface area contributed by atoms with Crippen LogP contribution in [0.2, 0.25) is 0 Å². The van der Waals surface area contributed by atoms with Crippen LogP contribution in [0.5, 0.6) is 5.75 Å². The maximum atomic E-state index is 13.4. The third-order valence-electron chi connectivity index (χ3n) is 3.61. The number of rotatable bonds is 3. The van der Waals surface area contributed by atoms with E-state index in [1.54, 1.807) is 6.07 Å². The average Bonchev–Trinajstić information content (AvgIpc) is 3.03. The standard InChI is InChI=1S/C14H17F2NO2/c15-9-1-2-14(19-11-3-4-18-8-11)12(5-9)13-6-10(16)7-17-13/h1-2,5,10-11,13,17H,3-4,6-8H2/t10-,11?,13+/m0/s1. The molecular formula is C14H17F2NO2. The van der Waals surface area contributed by atoms with E-state index in [2.05, 4.69) is 5.32 Å². The van der Waals surface area contributed by atoms with Crippen LogP contribution in [0.1, 0.15) is 24.4 Å². The molecule has 0 spiro atoms. The summed E-state index contributed by atoms with van der Waals surface area (Å²) in [5, 5.41) is 3.06. The second kappa shape index (κ2) is 5.43. The van der Waals surface area contributed by atoms with Gasteiger partial charge in [-0.3, -0.25) is 0 Å². The fraction of sp³-hybridized carbons (Fsp3) is 0.571. The van der Waals surface area contributed by atoms with E-state index in [1.165, 1.54) is 12.1 Å². The van der Waals surface area contributed by atoms with Crippen molar-refractivity contribution in [1.29, 1.82) is 0 Å². The second-order valence-electron chi connectivity index (χ2n) is 5.08. The second-order valence-corrected chi connectivity index (χ2v) is 5.08. The fourth-order valence-corrected chi connectivity index (χ4v) is 2.61. The van der Waals surface area contributed by atoms with Crippen molar-refractivity contribution in [1.82, 2.24) is 5.32 Å². The molecule has 2 fully saturated rings. The molecule has 5 heteroatoms. The van der Waals surface area contributed by atoms with E-state index in [4.69, 9.17) is 9.47 Å². The van der Waals surface area contributed by atoms with Crippen LogP contribution in [0.25, 0.3) is 0 Å². The Morgan fingerprint density at radius 1 is 1.37 bits per heavy atom. The highest BCUT2D eigenvalue weighted by Crippen LogP contribution is 2.33. The Morgan fingerprint density at radius 2 is 2.26 bits per heavy atom. The van der Waals surface area contributed by atoms with E-state index in [1.807, 2.05) is 0 Å². The molecule has 0 aromatic heterocycles. The van der Waals surface area contributed by atoms with Gasteiger partial charge in [-0.2, -0.15) is 0 Å². The molecule has 3 atom stereocenters. The molecule has 1 aromatic rings.